The van der Waals surface area contributed by atoms with Crippen molar-refractivity contribution >= 4 is 34.2 Å². The fourth-order valence-corrected chi connectivity index (χ4v) is 2.69. The van der Waals surface area contributed by atoms with Gasteiger partial charge in [-0.2, -0.15) is 0 Å². The van der Waals surface area contributed by atoms with Gasteiger partial charge in [0.25, 0.3) is 5.91 Å². The van der Waals surface area contributed by atoms with Gasteiger partial charge in [-0.25, -0.2) is 4.39 Å². The number of rotatable bonds is 2. The van der Waals surface area contributed by atoms with Crippen molar-refractivity contribution in [1.29, 1.82) is 0 Å². The molecule has 1 aromatic rings. The summed E-state index contributed by atoms with van der Waals surface area (Å²) in [4.78, 5) is 14.2. The van der Waals surface area contributed by atoms with Crippen LogP contribution in [0.2, 0.25) is 0 Å². The van der Waals surface area contributed by atoms with E-state index in [0.29, 0.717) is 16.6 Å². The zero-order valence-electron chi connectivity index (χ0n) is 10.4. The maximum atomic E-state index is 13.2. The summed E-state index contributed by atoms with van der Waals surface area (Å²) in [6.07, 6.45) is 3.06. The van der Waals surface area contributed by atoms with E-state index in [1.807, 2.05) is 4.90 Å². The predicted molar refractivity (Wildman–Crippen MR) is 79.1 cm³/mol. The molecule has 6 heteroatoms. The molecule has 0 saturated carbocycles. The molecular formula is C13H17BrClFN2O. The van der Waals surface area contributed by atoms with Crippen molar-refractivity contribution in [3.05, 3.63) is 34.1 Å². The fraction of sp³-hybridized carbons (Fsp3) is 0.462. The number of piperidine rings is 1. The molecule has 1 atom stereocenters. The van der Waals surface area contributed by atoms with Gasteiger partial charge in [0, 0.05) is 24.7 Å². The minimum absolute atomic E-state index is 0. The highest BCUT2D eigenvalue weighted by Crippen LogP contribution is 2.22. The Balaban J connectivity index is 0.00000180. The lowest BCUT2D eigenvalue weighted by Crippen LogP contribution is -2.47. The number of halogens is 3. The molecule has 1 unspecified atom stereocenters. The molecule has 2 N–H and O–H groups in total. The van der Waals surface area contributed by atoms with E-state index in [1.165, 1.54) is 18.2 Å². The van der Waals surface area contributed by atoms with Crippen LogP contribution >= 0.6 is 28.3 Å². The number of amides is 1. The molecule has 1 fully saturated rings. The van der Waals surface area contributed by atoms with Gasteiger partial charge >= 0.3 is 0 Å². The number of nitrogens with two attached hydrogens (primary N) is 1. The van der Waals surface area contributed by atoms with Crippen LogP contribution in [-0.4, -0.2) is 29.9 Å². The molecule has 0 aliphatic carbocycles. The molecule has 0 aromatic heterocycles. The summed E-state index contributed by atoms with van der Waals surface area (Å²) < 4.78 is 13.5. The molecule has 3 nitrogen and oxygen atoms in total. The Hall–Kier alpha value is -0.650. The molecule has 106 valence electrons. The van der Waals surface area contributed by atoms with Crippen LogP contribution in [0.3, 0.4) is 0 Å². The Bertz CT molecular complexity index is 458. The average molecular weight is 352 g/mol. The van der Waals surface area contributed by atoms with E-state index >= 15 is 0 Å². The number of carbonyl (C=O) groups excluding carboxylic acids is 1. The largest absolute Gasteiger partial charge is 0.334 e. The summed E-state index contributed by atoms with van der Waals surface area (Å²) in [5, 5.41) is 0. The molecule has 1 heterocycles. The molecule has 1 aliphatic rings. The molecule has 1 aromatic carbocycles. The standard InChI is InChI=1S/C13H16BrFN2O.ClH/c14-11-7-9(4-5-12(11)15)13(18)17-6-2-1-3-10(17)8-16;/h4-5,7,10H,1-3,6,8,16H2;1H. The molecule has 0 bridgehead atoms. The second kappa shape index (κ2) is 7.22. The van der Waals surface area contributed by atoms with Crippen LogP contribution in [0.5, 0.6) is 0 Å². The lowest BCUT2D eigenvalue weighted by molar-refractivity contribution is 0.0623. The molecule has 0 radical (unpaired) electrons. The Morgan fingerprint density at radius 2 is 2.21 bits per heavy atom. The number of benzene rings is 1. The predicted octanol–water partition coefficient (Wildman–Crippen LogP) is 2.96. The van der Waals surface area contributed by atoms with E-state index in [4.69, 9.17) is 5.73 Å². The van der Waals surface area contributed by atoms with Gasteiger partial charge in [-0.05, 0) is 53.4 Å². The smallest absolute Gasteiger partial charge is 0.254 e. The number of nitrogens with zero attached hydrogens (tertiary/aromatic N) is 1. The Kier molecular flexibility index (Phi) is 6.23. The van der Waals surface area contributed by atoms with Gasteiger partial charge in [0.15, 0.2) is 0 Å². The van der Waals surface area contributed by atoms with E-state index in [2.05, 4.69) is 15.9 Å². The van der Waals surface area contributed by atoms with Crippen molar-refractivity contribution in [3.8, 4) is 0 Å². The van der Waals surface area contributed by atoms with Crippen molar-refractivity contribution in [2.75, 3.05) is 13.1 Å². The van der Waals surface area contributed by atoms with E-state index in [0.717, 1.165) is 25.8 Å². The Morgan fingerprint density at radius 1 is 1.47 bits per heavy atom. The fourth-order valence-electron chi connectivity index (χ4n) is 2.31. The van der Waals surface area contributed by atoms with E-state index in [9.17, 15) is 9.18 Å². The summed E-state index contributed by atoms with van der Waals surface area (Å²) in [6, 6.07) is 4.46. The number of likely N-dealkylation sites (tertiary alicyclic amines) is 1. The second-order valence-corrected chi connectivity index (χ2v) is 5.37. The Labute approximate surface area is 126 Å². The lowest BCUT2D eigenvalue weighted by Gasteiger charge is -2.35. The third-order valence-corrected chi connectivity index (χ3v) is 3.93. The second-order valence-electron chi connectivity index (χ2n) is 4.51. The van der Waals surface area contributed by atoms with Crippen LogP contribution in [0.25, 0.3) is 0 Å². The first kappa shape index (κ1) is 16.4. The number of hydrogen-bond acceptors (Lipinski definition) is 2. The molecular weight excluding hydrogens is 335 g/mol. The van der Waals surface area contributed by atoms with E-state index < -0.39 is 0 Å². The maximum absolute atomic E-state index is 13.2. The van der Waals surface area contributed by atoms with Crippen molar-refractivity contribution < 1.29 is 9.18 Å². The van der Waals surface area contributed by atoms with Crippen LogP contribution in [0, 0.1) is 5.82 Å². The molecule has 1 amide bonds. The topological polar surface area (TPSA) is 46.3 Å². The summed E-state index contributed by atoms with van der Waals surface area (Å²) >= 11 is 3.10. The highest BCUT2D eigenvalue weighted by molar-refractivity contribution is 9.10. The molecule has 0 spiro atoms. The minimum Gasteiger partial charge on any atom is -0.334 e. The summed E-state index contributed by atoms with van der Waals surface area (Å²) in [7, 11) is 0. The maximum Gasteiger partial charge on any atom is 0.254 e. The number of hydrogen-bond donors (Lipinski definition) is 1. The highest BCUT2D eigenvalue weighted by atomic mass is 79.9. The quantitative estimate of drug-likeness (QED) is 0.890. The van der Waals surface area contributed by atoms with Crippen molar-refractivity contribution in [1.82, 2.24) is 4.90 Å². The molecule has 1 saturated heterocycles. The van der Waals surface area contributed by atoms with Crippen LogP contribution in [0.15, 0.2) is 22.7 Å². The third-order valence-electron chi connectivity index (χ3n) is 3.33. The van der Waals surface area contributed by atoms with Crippen molar-refractivity contribution in [2.45, 2.75) is 25.3 Å². The minimum atomic E-state index is -0.361. The molecule has 2 rings (SSSR count). The molecule has 19 heavy (non-hydrogen) atoms. The Morgan fingerprint density at radius 3 is 2.84 bits per heavy atom. The summed E-state index contributed by atoms with van der Waals surface area (Å²) in [5.74, 6) is -0.425. The van der Waals surface area contributed by atoms with Gasteiger partial charge in [0.05, 0.1) is 4.47 Å². The van der Waals surface area contributed by atoms with Crippen LogP contribution in [-0.2, 0) is 0 Å². The van der Waals surface area contributed by atoms with E-state index in [-0.39, 0.29) is 30.2 Å². The van der Waals surface area contributed by atoms with Gasteiger partial charge in [0.2, 0.25) is 0 Å². The lowest BCUT2D eigenvalue weighted by atomic mass is 10.0. The van der Waals surface area contributed by atoms with Gasteiger partial charge in [-0.3, -0.25) is 4.79 Å². The van der Waals surface area contributed by atoms with Crippen LogP contribution in [0.4, 0.5) is 4.39 Å². The average Bonchev–Trinajstić information content (AvgIpc) is 2.41. The normalized spacial score (nSPS) is 18.9. The zero-order chi connectivity index (χ0) is 13.1. The highest BCUT2D eigenvalue weighted by Gasteiger charge is 2.26. The van der Waals surface area contributed by atoms with Gasteiger partial charge in [0.1, 0.15) is 5.82 Å². The first-order valence-corrected chi connectivity index (χ1v) is 6.89. The van der Waals surface area contributed by atoms with Gasteiger partial charge in [-0.1, -0.05) is 0 Å². The van der Waals surface area contributed by atoms with Gasteiger partial charge < -0.3 is 10.6 Å². The van der Waals surface area contributed by atoms with Crippen LogP contribution in [0.1, 0.15) is 29.6 Å². The van der Waals surface area contributed by atoms with E-state index in [1.54, 1.807) is 0 Å². The van der Waals surface area contributed by atoms with Gasteiger partial charge in [-0.15, -0.1) is 12.4 Å². The van der Waals surface area contributed by atoms with Crippen molar-refractivity contribution in [3.63, 3.8) is 0 Å². The van der Waals surface area contributed by atoms with Crippen LogP contribution < -0.4 is 5.73 Å². The number of carbonyl (C=O) groups is 1. The zero-order valence-corrected chi connectivity index (χ0v) is 12.8. The summed E-state index contributed by atoms with van der Waals surface area (Å²) in [6.45, 7) is 1.21. The molecule has 1 aliphatic heterocycles. The monoisotopic (exact) mass is 350 g/mol. The van der Waals surface area contributed by atoms with Crippen molar-refractivity contribution in [2.24, 2.45) is 5.73 Å². The summed E-state index contributed by atoms with van der Waals surface area (Å²) in [5.41, 5.74) is 6.20. The third kappa shape index (κ3) is 3.68. The SMILES string of the molecule is Cl.NCC1CCCCN1C(=O)c1ccc(F)c(Br)c1. The first-order valence-electron chi connectivity index (χ1n) is 6.09. The first-order chi connectivity index (χ1) is 8.63.